The average Bonchev–Trinajstić information content (AvgIpc) is 2.58. The summed E-state index contributed by atoms with van der Waals surface area (Å²) >= 11 is 0. The van der Waals surface area contributed by atoms with Gasteiger partial charge in [-0.15, -0.1) is 0 Å². The SMILES string of the molecule is CC(=O)Cc1ccccc1C=CCNC(=O)OCc1ccccc1. The number of amides is 1. The van der Waals surface area contributed by atoms with Crippen LogP contribution in [-0.2, 0) is 22.6 Å². The van der Waals surface area contributed by atoms with Crippen LogP contribution in [0.5, 0.6) is 0 Å². The molecule has 0 saturated heterocycles. The van der Waals surface area contributed by atoms with Crippen LogP contribution in [0.1, 0.15) is 23.6 Å². The molecule has 4 heteroatoms. The predicted octanol–water partition coefficient (Wildman–Crippen LogP) is 3.76. The lowest BCUT2D eigenvalue weighted by molar-refractivity contribution is -0.116. The van der Waals surface area contributed by atoms with E-state index in [4.69, 9.17) is 4.74 Å². The van der Waals surface area contributed by atoms with E-state index in [2.05, 4.69) is 5.32 Å². The van der Waals surface area contributed by atoms with E-state index in [1.807, 2.05) is 66.7 Å². The summed E-state index contributed by atoms with van der Waals surface area (Å²) in [6.07, 6.45) is 3.69. The summed E-state index contributed by atoms with van der Waals surface area (Å²) in [5, 5.41) is 2.67. The quantitative estimate of drug-likeness (QED) is 0.844. The van der Waals surface area contributed by atoms with Crippen molar-refractivity contribution in [3.63, 3.8) is 0 Å². The minimum atomic E-state index is -0.458. The molecule has 0 aromatic heterocycles. The van der Waals surface area contributed by atoms with E-state index < -0.39 is 6.09 Å². The van der Waals surface area contributed by atoms with Crippen LogP contribution in [0.2, 0.25) is 0 Å². The monoisotopic (exact) mass is 323 g/mol. The highest BCUT2D eigenvalue weighted by molar-refractivity contribution is 5.79. The molecule has 1 N–H and O–H groups in total. The summed E-state index contributed by atoms with van der Waals surface area (Å²) in [6, 6.07) is 17.2. The Labute approximate surface area is 142 Å². The first-order valence-electron chi connectivity index (χ1n) is 7.83. The van der Waals surface area contributed by atoms with E-state index in [1.54, 1.807) is 6.92 Å². The molecule has 0 aliphatic carbocycles. The van der Waals surface area contributed by atoms with Crippen LogP contribution in [0.15, 0.2) is 60.7 Å². The fraction of sp³-hybridized carbons (Fsp3) is 0.200. The fourth-order valence-corrected chi connectivity index (χ4v) is 2.23. The van der Waals surface area contributed by atoms with Crippen molar-refractivity contribution in [3.8, 4) is 0 Å². The molecule has 0 spiro atoms. The first-order chi connectivity index (χ1) is 11.6. The van der Waals surface area contributed by atoms with Crippen LogP contribution < -0.4 is 5.32 Å². The Bertz CT molecular complexity index is 708. The summed E-state index contributed by atoms with van der Waals surface area (Å²) in [4.78, 5) is 22.9. The summed E-state index contributed by atoms with van der Waals surface area (Å²) in [7, 11) is 0. The molecule has 0 heterocycles. The number of hydrogen-bond acceptors (Lipinski definition) is 3. The lowest BCUT2D eigenvalue weighted by atomic mass is 10.0. The van der Waals surface area contributed by atoms with Gasteiger partial charge in [0.1, 0.15) is 12.4 Å². The second-order valence-corrected chi connectivity index (χ2v) is 5.42. The molecule has 2 aromatic carbocycles. The van der Waals surface area contributed by atoms with Gasteiger partial charge in [-0.1, -0.05) is 66.7 Å². The van der Waals surface area contributed by atoms with Crippen molar-refractivity contribution in [2.24, 2.45) is 0 Å². The fourth-order valence-electron chi connectivity index (χ4n) is 2.23. The Kier molecular flexibility index (Phi) is 6.77. The predicted molar refractivity (Wildman–Crippen MR) is 94.5 cm³/mol. The molecule has 1 amide bonds. The number of carbonyl (C=O) groups is 2. The Balaban J connectivity index is 1.78. The number of nitrogens with one attached hydrogen (secondary N) is 1. The van der Waals surface area contributed by atoms with Gasteiger partial charge in [-0.2, -0.15) is 0 Å². The van der Waals surface area contributed by atoms with Crippen molar-refractivity contribution < 1.29 is 14.3 Å². The van der Waals surface area contributed by atoms with Crippen molar-refractivity contribution in [3.05, 3.63) is 77.4 Å². The van der Waals surface area contributed by atoms with Crippen LogP contribution in [-0.4, -0.2) is 18.4 Å². The lowest BCUT2D eigenvalue weighted by Gasteiger charge is -2.06. The minimum Gasteiger partial charge on any atom is -0.445 e. The molecule has 0 saturated carbocycles. The standard InChI is InChI=1S/C20H21NO3/c1-16(22)14-19-11-6-5-10-18(19)12-7-13-21-20(23)24-15-17-8-3-2-4-9-17/h2-12H,13-15H2,1H3,(H,21,23). The molecule has 0 radical (unpaired) electrons. The van der Waals surface area contributed by atoms with Gasteiger partial charge in [-0.3, -0.25) is 4.79 Å². The highest BCUT2D eigenvalue weighted by atomic mass is 16.5. The number of benzene rings is 2. The molecule has 4 nitrogen and oxygen atoms in total. The summed E-state index contributed by atoms with van der Waals surface area (Å²) < 4.78 is 5.13. The molecule has 24 heavy (non-hydrogen) atoms. The molecular formula is C20H21NO3. The van der Waals surface area contributed by atoms with Gasteiger partial charge in [0.05, 0.1) is 0 Å². The van der Waals surface area contributed by atoms with Crippen molar-refractivity contribution in [1.82, 2.24) is 5.32 Å². The van der Waals surface area contributed by atoms with E-state index in [9.17, 15) is 9.59 Å². The summed E-state index contributed by atoms with van der Waals surface area (Å²) in [6.45, 7) is 2.19. The van der Waals surface area contributed by atoms with Crippen LogP contribution in [0.3, 0.4) is 0 Å². The van der Waals surface area contributed by atoms with Crippen LogP contribution in [0.4, 0.5) is 4.79 Å². The molecule has 124 valence electrons. The molecular weight excluding hydrogens is 302 g/mol. The van der Waals surface area contributed by atoms with Crippen LogP contribution in [0, 0.1) is 0 Å². The number of ketones is 1. The van der Waals surface area contributed by atoms with Gasteiger partial charge in [0.2, 0.25) is 0 Å². The van der Waals surface area contributed by atoms with Gasteiger partial charge < -0.3 is 10.1 Å². The highest BCUT2D eigenvalue weighted by Crippen LogP contribution is 2.11. The zero-order chi connectivity index (χ0) is 17.2. The zero-order valence-corrected chi connectivity index (χ0v) is 13.7. The highest BCUT2D eigenvalue weighted by Gasteiger charge is 2.02. The van der Waals surface area contributed by atoms with Crippen LogP contribution in [0.25, 0.3) is 6.08 Å². The maximum atomic E-state index is 11.6. The second-order valence-electron chi connectivity index (χ2n) is 5.42. The topological polar surface area (TPSA) is 55.4 Å². The lowest BCUT2D eigenvalue weighted by Crippen LogP contribution is -2.24. The second kappa shape index (κ2) is 9.30. The number of ether oxygens (including phenoxy) is 1. The van der Waals surface area contributed by atoms with Gasteiger partial charge in [0.25, 0.3) is 0 Å². The molecule has 2 aromatic rings. The zero-order valence-electron chi connectivity index (χ0n) is 13.7. The van der Waals surface area contributed by atoms with E-state index in [1.165, 1.54) is 0 Å². The molecule has 0 fully saturated rings. The van der Waals surface area contributed by atoms with Crippen molar-refractivity contribution in [2.75, 3.05) is 6.54 Å². The van der Waals surface area contributed by atoms with E-state index in [0.717, 1.165) is 16.7 Å². The minimum absolute atomic E-state index is 0.124. The molecule has 0 aliphatic heterocycles. The third-order valence-corrected chi connectivity index (χ3v) is 3.37. The van der Waals surface area contributed by atoms with E-state index in [-0.39, 0.29) is 12.4 Å². The van der Waals surface area contributed by atoms with Gasteiger partial charge >= 0.3 is 6.09 Å². The Morgan fingerprint density at radius 2 is 1.75 bits per heavy atom. The van der Waals surface area contributed by atoms with Crippen molar-refractivity contribution in [2.45, 2.75) is 20.0 Å². The Hall–Kier alpha value is -2.88. The molecule has 0 unspecified atom stereocenters. The number of carbonyl (C=O) groups excluding carboxylic acids is 2. The molecule has 2 rings (SSSR count). The molecule has 0 atom stereocenters. The molecule has 0 bridgehead atoms. The Morgan fingerprint density at radius 1 is 1.04 bits per heavy atom. The van der Waals surface area contributed by atoms with E-state index >= 15 is 0 Å². The number of Topliss-reactive ketones (excluding diaryl/α,β-unsaturated/α-hetero) is 1. The third kappa shape index (κ3) is 6.08. The first kappa shape index (κ1) is 17.5. The summed E-state index contributed by atoms with van der Waals surface area (Å²) in [5.41, 5.74) is 2.90. The summed E-state index contributed by atoms with van der Waals surface area (Å²) in [5.74, 6) is 0.124. The maximum Gasteiger partial charge on any atom is 0.407 e. The van der Waals surface area contributed by atoms with Crippen LogP contribution >= 0.6 is 0 Å². The normalized spacial score (nSPS) is 10.5. The Morgan fingerprint density at radius 3 is 2.50 bits per heavy atom. The first-order valence-corrected chi connectivity index (χ1v) is 7.83. The third-order valence-electron chi connectivity index (χ3n) is 3.37. The van der Waals surface area contributed by atoms with Gasteiger partial charge in [0, 0.05) is 13.0 Å². The largest absolute Gasteiger partial charge is 0.445 e. The van der Waals surface area contributed by atoms with Crippen molar-refractivity contribution in [1.29, 1.82) is 0 Å². The number of rotatable bonds is 7. The van der Waals surface area contributed by atoms with Gasteiger partial charge in [0.15, 0.2) is 0 Å². The smallest absolute Gasteiger partial charge is 0.407 e. The van der Waals surface area contributed by atoms with E-state index in [0.29, 0.717) is 13.0 Å². The maximum absolute atomic E-state index is 11.6. The number of hydrogen-bond donors (Lipinski definition) is 1. The average molecular weight is 323 g/mol. The van der Waals surface area contributed by atoms with Gasteiger partial charge in [-0.05, 0) is 23.6 Å². The van der Waals surface area contributed by atoms with Gasteiger partial charge in [-0.25, -0.2) is 4.79 Å². The number of alkyl carbamates (subject to hydrolysis) is 1. The van der Waals surface area contributed by atoms with Crippen molar-refractivity contribution >= 4 is 18.0 Å². The molecule has 0 aliphatic rings.